The number of allylic oxidation sites excluding steroid dienone is 4. The van der Waals surface area contributed by atoms with E-state index in [4.69, 9.17) is 16.3 Å². The quantitative estimate of drug-likeness (QED) is 0.642. The Kier molecular flexibility index (Phi) is 3.21. The molecule has 0 amide bonds. The van der Waals surface area contributed by atoms with E-state index in [0.717, 1.165) is 23.6 Å². The van der Waals surface area contributed by atoms with Gasteiger partial charge in [-0.3, -0.25) is 0 Å². The van der Waals surface area contributed by atoms with E-state index in [-0.39, 0.29) is 0 Å². The minimum Gasteiger partial charge on any atom is -0.501 e. The van der Waals surface area contributed by atoms with Crippen LogP contribution in [0, 0.1) is 5.92 Å². The van der Waals surface area contributed by atoms with Crippen molar-refractivity contribution in [2.45, 2.75) is 26.7 Å². The van der Waals surface area contributed by atoms with E-state index >= 15 is 0 Å². The van der Waals surface area contributed by atoms with Crippen LogP contribution >= 0.6 is 11.6 Å². The fraction of sp³-hybridized carbons (Fsp3) is 0.600. The summed E-state index contributed by atoms with van der Waals surface area (Å²) < 4.78 is 5.13. The summed E-state index contributed by atoms with van der Waals surface area (Å²) in [4.78, 5) is 0. The first-order chi connectivity index (χ1) is 5.65. The predicted octanol–water partition coefficient (Wildman–Crippen LogP) is 3.46. The zero-order valence-corrected chi connectivity index (χ0v) is 8.61. The highest BCUT2D eigenvalue weighted by atomic mass is 35.5. The van der Waals surface area contributed by atoms with E-state index in [1.54, 1.807) is 7.11 Å². The van der Waals surface area contributed by atoms with Crippen LogP contribution in [0.25, 0.3) is 0 Å². The zero-order valence-electron chi connectivity index (χ0n) is 7.86. The van der Waals surface area contributed by atoms with Gasteiger partial charge in [0.15, 0.2) is 0 Å². The molecule has 0 aliphatic heterocycles. The lowest BCUT2D eigenvalue weighted by atomic mass is 9.94. The van der Waals surface area contributed by atoms with Crippen molar-refractivity contribution in [3.63, 3.8) is 0 Å². The normalized spacial score (nSPS) is 18.2. The van der Waals surface area contributed by atoms with Gasteiger partial charge < -0.3 is 4.74 Å². The van der Waals surface area contributed by atoms with Gasteiger partial charge in [0.2, 0.25) is 0 Å². The molecule has 1 aliphatic rings. The second-order valence-corrected chi connectivity index (χ2v) is 3.75. The van der Waals surface area contributed by atoms with Crippen LogP contribution in [-0.2, 0) is 4.74 Å². The van der Waals surface area contributed by atoms with Gasteiger partial charge in [-0.25, -0.2) is 0 Å². The summed E-state index contributed by atoms with van der Waals surface area (Å²) in [7, 11) is 1.69. The molecule has 12 heavy (non-hydrogen) atoms. The first kappa shape index (κ1) is 9.66. The van der Waals surface area contributed by atoms with Crippen molar-refractivity contribution in [3.8, 4) is 0 Å². The third kappa shape index (κ3) is 2.04. The monoisotopic (exact) mass is 186 g/mol. The SMILES string of the molecule is COC1=CC(Cl)=C(C(C)C)CC1. The molecule has 0 unspecified atom stereocenters. The standard InChI is InChI=1S/C10H15ClO/c1-7(2)9-5-4-8(12-3)6-10(9)11/h6-7H,4-5H2,1-3H3. The summed E-state index contributed by atoms with van der Waals surface area (Å²) in [6, 6.07) is 0. The largest absolute Gasteiger partial charge is 0.501 e. The van der Waals surface area contributed by atoms with Crippen LogP contribution in [0.3, 0.4) is 0 Å². The molecule has 0 spiro atoms. The Balaban J connectivity index is 2.83. The third-order valence-corrected chi connectivity index (χ3v) is 2.55. The Morgan fingerprint density at radius 1 is 1.42 bits per heavy atom. The van der Waals surface area contributed by atoms with Crippen LogP contribution in [0.4, 0.5) is 0 Å². The highest BCUT2D eigenvalue weighted by Gasteiger charge is 2.14. The molecule has 68 valence electrons. The Morgan fingerprint density at radius 2 is 2.08 bits per heavy atom. The maximum absolute atomic E-state index is 6.07. The van der Waals surface area contributed by atoms with Gasteiger partial charge in [0.25, 0.3) is 0 Å². The van der Waals surface area contributed by atoms with Gasteiger partial charge in [-0.05, 0) is 24.0 Å². The van der Waals surface area contributed by atoms with E-state index < -0.39 is 0 Å². The summed E-state index contributed by atoms with van der Waals surface area (Å²) in [5, 5.41) is 0.869. The number of hydrogen-bond acceptors (Lipinski definition) is 1. The molecule has 1 rings (SSSR count). The molecule has 2 heteroatoms. The molecule has 1 nitrogen and oxygen atoms in total. The lowest BCUT2D eigenvalue weighted by molar-refractivity contribution is 0.274. The Labute approximate surface area is 79.1 Å². The first-order valence-electron chi connectivity index (χ1n) is 4.28. The van der Waals surface area contributed by atoms with Crippen molar-refractivity contribution in [1.82, 2.24) is 0 Å². The summed E-state index contributed by atoms with van der Waals surface area (Å²) in [6.07, 6.45) is 3.96. The molecular weight excluding hydrogens is 172 g/mol. The Bertz CT molecular complexity index is 226. The Hall–Kier alpha value is -0.430. The molecule has 0 N–H and O–H groups in total. The summed E-state index contributed by atoms with van der Waals surface area (Å²) >= 11 is 6.07. The average Bonchev–Trinajstić information content (AvgIpc) is 2.03. The molecule has 1 aliphatic carbocycles. The van der Waals surface area contributed by atoms with Gasteiger partial charge in [0, 0.05) is 11.5 Å². The van der Waals surface area contributed by atoms with E-state index in [1.165, 1.54) is 5.57 Å². The molecule has 0 aromatic heterocycles. The molecule has 0 heterocycles. The molecule has 0 saturated heterocycles. The van der Waals surface area contributed by atoms with Crippen LogP contribution < -0.4 is 0 Å². The van der Waals surface area contributed by atoms with Crippen molar-refractivity contribution in [2.75, 3.05) is 7.11 Å². The fourth-order valence-corrected chi connectivity index (χ4v) is 1.84. The second kappa shape index (κ2) is 3.99. The molecule has 0 radical (unpaired) electrons. The van der Waals surface area contributed by atoms with Crippen molar-refractivity contribution in [1.29, 1.82) is 0 Å². The molecule has 0 fully saturated rings. The third-order valence-electron chi connectivity index (χ3n) is 2.19. The van der Waals surface area contributed by atoms with Crippen molar-refractivity contribution in [2.24, 2.45) is 5.92 Å². The van der Waals surface area contributed by atoms with E-state index in [2.05, 4.69) is 13.8 Å². The molecule has 0 bridgehead atoms. The van der Waals surface area contributed by atoms with Crippen LogP contribution in [0.5, 0.6) is 0 Å². The summed E-state index contributed by atoms with van der Waals surface area (Å²) in [5.74, 6) is 1.54. The molecule has 0 aromatic carbocycles. The van der Waals surface area contributed by atoms with Gasteiger partial charge in [0.1, 0.15) is 0 Å². The lowest BCUT2D eigenvalue weighted by Crippen LogP contribution is -2.03. The number of methoxy groups -OCH3 is 1. The minimum atomic E-state index is 0.548. The van der Waals surface area contributed by atoms with E-state index in [1.807, 2.05) is 6.08 Å². The fourth-order valence-electron chi connectivity index (χ4n) is 1.41. The van der Waals surface area contributed by atoms with Crippen LogP contribution in [0.15, 0.2) is 22.4 Å². The topological polar surface area (TPSA) is 9.23 Å². The first-order valence-corrected chi connectivity index (χ1v) is 4.66. The number of rotatable bonds is 2. The maximum Gasteiger partial charge on any atom is 0.0973 e. The molecule has 0 saturated carbocycles. The highest BCUT2D eigenvalue weighted by Crippen LogP contribution is 2.31. The highest BCUT2D eigenvalue weighted by molar-refractivity contribution is 6.31. The second-order valence-electron chi connectivity index (χ2n) is 3.34. The van der Waals surface area contributed by atoms with Crippen LogP contribution in [0.1, 0.15) is 26.7 Å². The van der Waals surface area contributed by atoms with Crippen molar-refractivity contribution in [3.05, 3.63) is 22.4 Å². The summed E-state index contributed by atoms with van der Waals surface area (Å²) in [5.41, 5.74) is 1.34. The Morgan fingerprint density at radius 3 is 2.50 bits per heavy atom. The maximum atomic E-state index is 6.07. The van der Waals surface area contributed by atoms with Crippen molar-refractivity contribution < 1.29 is 4.74 Å². The van der Waals surface area contributed by atoms with Crippen LogP contribution in [0.2, 0.25) is 0 Å². The number of hydrogen-bond donors (Lipinski definition) is 0. The molecule has 0 atom stereocenters. The van der Waals surface area contributed by atoms with E-state index in [9.17, 15) is 0 Å². The predicted molar refractivity (Wildman–Crippen MR) is 52.0 cm³/mol. The summed E-state index contributed by atoms with van der Waals surface area (Å²) in [6.45, 7) is 4.34. The number of halogens is 1. The van der Waals surface area contributed by atoms with Gasteiger partial charge in [-0.1, -0.05) is 25.4 Å². The number of ether oxygens (including phenoxy) is 1. The van der Waals surface area contributed by atoms with Gasteiger partial charge >= 0.3 is 0 Å². The average molecular weight is 187 g/mol. The zero-order chi connectivity index (χ0) is 9.14. The lowest BCUT2D eigenvalue weighted by Gasteiger charge is -2.18. The van der Waals surface area contributed by atoms with Gasteiger partial charge in [0.05, 0.1) is 12.9 Å². The van der Waals surface area contributed by atoms with Gasteiger partial charge in [-0.15, -0.1) is 0 Å². The van der Waals surface area contributed by atoms with Crippen molar-refractivity contribution >= 4 is 11.6 Å². The van der Waals surface area contributed by atoms with Crippen LogP contribution in [-0.4, -0.2) is 7.11 Å². The molecule has 0 aromatic rings. The molecular formula is C10H15ClO. The van der Waals surface area contributed by atoms with E-state index in [0.29, 0.717) is 5.92 Å². The minimum absolute atomic E-state index is 0.548. The van der Waals surface area contributed by atoms with Gasteiger partial charge in [-0.2, -0.15) is 0 Å². The smallest absolute Gasteiger partial charge is 0.0973 e.